The number of carbonyl (C=O) groups is 1. The highest BCUT2D eigenvalue weighted by Gasteiger charge is 2.57. The van der Waals surface area contributed by atoms with E-state index in [0.717, 1.165) is 15.9 Å². The van der Waals surface area contributed by atoms with E-state index in [1.165, 1.54) is 11.8 Å². The number of carbonyl (C=O) groups excluding carboxylic acids is 1. The first-order valence-corrected chi connectivity index (χ1v) is 15.5. The van der Waals surface area contributed by atoms with E-state index in [1.807, 2.05) is 79.7 Å². The summed E-state index contributed by atoms with van der Waals surface area (Å²) in [4.78, 5) is 14.6. The first-order chi connectivity index (χ1) is 19.0. The minimum atomic E-state index is -2.89. The van der Waals surface area contributed by atoms with Gasteiger partial charge in [0, 0.05) is 10.6 Å². The van der Waals surface area contributed by atoms with E-state index in [4.69, 9.17) is 15.2 Å². The number of thioether (sulfide) groups is 1. The Bertz CT molecular complexity index is 1300. The Morgan fingerprint density at radius 1 is 0.744 bits per heavy atom. The molecule has 39 heavy (non-hydrogen) atoms. The lowest BCUT2D eigenvalue weighted by Crippen LogP contribution is -2.38. The van der Waals surface area contributed by atoms with Crippen LogP contribution in [0, 0.1) is 0 Å². The molecule has 0 spiro atoms. The molecule has 7 heteroatoms. The molecule has 3 N–H and O–H groups in total. The molecular weight excluding hydrogens is 525 g/mol. The number of ether oxygens (including phenoxy) is 2. The number of esters is 1. The third-order valence-corrected chi connectivity index (χ3v) is 12.1. The van der Waals surface area contributed by atoms with Gasteiger partial charge in [0.1, 0.15) is 23.2 Å². The zero-order valence-electron chi connectivity index (χ0n) is 22.1. The smallest absolute Gasteiger partial charge is 0.327 e. The molecule has 5 nitrogen and oxygen atoms in total. The summed E-state index contributed by atoms with van der Waals surface area (Å²) in [7, 11) is -2.89. The number of para-hydroxylation sites is 1. The normalized spacial score (nSPS) is 12.8. The minimum Gasteiger partial charge on any atom is -0.478 e. The predicted molar refractivity (Wildman–Crippen MR) is 164 cm³/mol. The van der Waals surface area contributed by atoms with Crippen molar-refractivity contribution in [3.05, 3.63) is 127 Å². The van der Waals surface area contributed by atoms with Crippen molar-refractivity contribution in [2.75, 3.05) is 18.9 Å². The highest BCUT2D eigenvalue weighted by atomic mass is 32.2. The lowest BCUT2D eigenvalue weighted by atomic mass is 10.3. The number of hydrogen-bond donors (Lipinski definition) is 2. The second-order valence-corrected chi connectivity index (χ2v) is 13.1. The summed E-state index contributed by atoms with van der Waals surface area (Å²) in [6.45, 7) is 4.00. The maximum Gasteiger partial charge on any atom is 0.327 e. The van der Waals surface area contributed by atoms with E-state index in [1.54, 1.807) is 13.0 Å². The molecule has 4 rings (SSSR count). The molecule has 4 aromatic carbocycles. The van der Waals surface area contributed by atoms with Gasteiger partial charge in [-0.25, -0.2) is 0 Å². The van der Waals surface area contributed by atoms with Crippen LogP contribution in [0.15, 0.2) is 131 Å². The molecule has 0 fully saturated rings. The molecule has 4 aromatic rings. The van der Waals surface area contributed by atoms with Crippen LogP contribution >= 0.6 is 19.0 Å². The standard InChI is InChI=1S/C32H32NO4PS/c1-3-36-31(34)29(30(32(35)37-4-2)39-28-23-15-14-22-27(28)33)38(24-16-8-5-9-17-24,25-18-10-6-11-19-25)26-20-12-7-13-21-26/h5-23,30H,3-4,33H2,1-2H3/p+1/b31-29-. The van der Waals surface area contributed by atoms with E-state index in [0.29, 0.717) is 15.9 Å². The number of nitrogen functional groups attached to an aromatic ring is 1. The summed E-state index contributed by atoms with van der Waals surface area (Å²) in [5.41, 5.74) is 6.88. The van der Waals surface area contributed by atoms with Gasteiger partial charge < -0.3 is 20.3 Å². The van der Waals surface area contributed by atoms with Gasteiger partial charge >= 0.3 is 11.9 Å². The molecule has 0 amide bonds. The van der Waals surface area contributed by atoms with Crippen molar-refractivity contribution in [2.45, 2.75) is 24.0 Å². The fraction of sp³-hybridized carbons (Fsp3) is 0.156. The van der Waals surface area contributed by atoms with E-state index in [9.17, 15) is 9.90 Å². The zero-order valence-corrected chi connectivity index (χ0v) is 23.8. The van der Waals surface area contributed by atoms with Crippen LogP contribution in [0.4, 0.5) is 5.69 Å². The molecule has 0 bridgehead atoms. The van der Waals surface area contributed by atoms with Crippen molar-refractivity contribution >= 4 is 46.6 Å². The van der Waals surface area contributed by atoms with Crippen molar-refractivity contribution < 1.29 is 19.4 Å². The third kappa shape index (κ3) is 5.98. The molecule has 200 valence electrons. The maximum absolute atomic E-state index is 13.9. The molecule has 0 aromatic heterocycles. The maximum atomic E-state index is 13.9. The van der Waals surface area contributed by atoms with Gasteiger partial charge in [-0.2, -0.15) is 0 Å². The average Bonchev–Trinajstić information content (AvgIpc) is 2.97. The number of anilines is 1. The molecule has 0 aliphatic carbocycles. The van der Waals surface area contributed by atoms with E-state index >= 15 is 0 Å². The first kappa shape index (κ1) is 28.3. The van der Waals surface area contributed by atoms with Crippen molar-refractivity contribution in [2.24, 2.45) is 0 Å². The molecule has 0 saturated heterocycles. The molecule has 0 aliphatic rings. The highest BCUT2D eigenvalue weighted by molar-refractivity contribution is 8.04. The van der Waals surface area contributed by atoms with E-state index < -0.39 is 18.5 Å². The zero-order chi connectivity index (χ0) is 27.7. The van der Waals surface area contributed by atoms with Gasteiger partial charge in [0.2, 0.25) is 0 Å². The predicted octanol–water partition coefficient (Wildman–Crippen LogP) is 6.05. The molecule has 0 radical (unpaired) electrons. The Balaban J connectivity index is 2.15. The van der Waals surface area contributed by atoms with Gasteiger partial charge in [0.25, 0.3) is 0 Å². The fourth-order valence-corrected chi connectivity index (χ4v) is 10.6. The SMILES string of the molecule is CCOC(=O)C(Sc1ccccc1N)/C(=C(\O)OCC)[P+](c1ccccc1)(c1ccccc1)c1ccccc1. The second kappa shape index (κ2) is 13.4. The van der Waals surface area contributed by atoms with Gasteiger partial charge in [-0.3, -0.25) is 4.79 Å². The van der Waals surface area contributed by atoms with Crippen LogP contribution in [0.25, 0.3) is 0 Å². The Hall–Kier alpha value is -3.73. The largest absolute Gasteiger partial charge is 0.478 e. The number of nitrogens with two attached hydrogens (primary N) is 1. The van der Waals surface area contributed by atoms with E-state index in [-0.39, 0.29) is 19.2 Å². The van der Waals surface area contributed by atoms with Crippen LogP contribution in [-0.4, -0.2) is 29.5 Å². The number of hydrogen-bond acceptors (Lipinski definition) is 6. The number of rotatable bonds is 11. The summed E-state index contributed by atoms with van der Waals surface area (Å²) >= 11 is 1.27. The van der Waals surface area contributed by atoms with Crippen LogP contribution in [0.1, 0.15) is 13.8 Å². The molecular formula is C32H33NO4PS+. The number of aliphatic hydroxyl groups excluding tert-OH is 1. The van der Waals surface area contributed by atoms with Crippen LogP contribution in [0.2, 0.25) is 0 Å². The summed E-state index contributed by atoms with van der Waals surface area (Å²) < 4.78 is 11.5. The van der Waals surface area contributed by atoms with Crippen LogP contribution < -0.4 is 21.6 Å². The molecule has 0 aliphatic heterocycles. The minimum absolute atomic E-state index is 0.191. The summed E-state index contributed by atoms with van der Waals surface area (Å²) in [5, 5.41) is 14.2. The quantitative estimate of drug-likeness (QED) is 0.0767. The molecule has 0 saturated carbocycles. The Kier molecular flexibility index (Phi) is 9.69. The summed E-state index contributed by atoms with van der Waals surface area (Å²) in [6.07, 6.45) is 0. The summed E-state index contributed by atoms with van der Waals surface area (Å²) in [5.74, 6) is -0.748. The fourth-order valence-electron chi connectivity index (χ4n) is 4.61. The van der Waals surface area contributed by atoms with Crippen LogP contribution in [0.5, 0.6) is 0 Å². The van der Waals surface area contributed by atoms with Crippen molar-refractivity contribution in [1.82, 2.24) is 0 Å². The topological polar surface area (TPSA) is 81.8 Å². The lowest BCUT2D eigenvalue weighted by molar-refractivity contribution is -0.141. The molecule has 0 heterocycles. The molecule has 1 atom stereocenters. The lowest BCUT2D eigenvalue weighted by Gasteiger charge is -2.32. The highest BCUT2D eigenvalue weighted by Crippen LogP contribution is 2.66. The number of aliphatic hydroxyl groups is 1. The van der Waals surface area contributed by atoms with Crippen molar-refractivity contribution in [3.8, 4) is 0 Å². The Labute approximate surface area is 235 Å². The van der Waals surface area contributed by atoms with Gasteiger partial charge in [-0.15, -0.1) is 11.8 Å². The number of benzene rings is 4. The average molecular weight is 559 g/mol. The second-order valence-electron chi connectivity index (χ2n) is 8.59. The van der Waals surface area contributed by atoms with Gasteiger partial charge in [-0.05, 0) is 62.4 Å². The van der Waals surface area contributed by atoms with Crippen LogP contribution in [0.3, 0.4) is 0 Å². The van der Waals surface area contributed by atoms with E-state index in [2.05, 4.69) is 36.4 Å². The molecule has 1 unspecified atom stereocenters. The Morgan fingerprint density at radius 3 is 1.62 bits per heavy atom. The van der Waals surface area contributed by atoms with Crippen molar-refractivity contribution in [3.63, 3.8) is 0 Å². The first-order valence-electron chi connectivity index (χ1n) is 12.8. The van der Waals surface area contributed by atoms with Gasteiger partial charge in [0.05, 0.1) is 13.2 Å². The van der Waals surface area contributed by atoms with Crippen LogP contribution in [-0.2, 0) is 14.3 Å². The summed E-state index contributed by atoms with van der Waals surface area (Å²) in [6, 6.07) is 37.5. The van der Waals surface area contributed by atoms with Gasteiger partial charge in [0.15, 0.2) is 10.6 Å². The van der Waals surface area contributed by atoms with Gasteiger partial charge in [-0.1, -0.05) is 66.7 Å². The monoisotopic (exact) mass is 558 g/mol. The Morgan fingerprint density at radius 2 is 1.18 bits per heavy atom. The van der Waals surface area contributed by atoms with Crippen molar-refractivity contribution in [1.29, 1.82) is 0 Å². The third-order valence-electron chi connectivity index (χ3n) is 6.20.